The second-order valence-corrected chi connectivity index (χ2v) is 11.2. The summed E-state index contributed by atoms with van der Waals surface area (Å²) < 4.78 is 59.8. The zero-order chi connectivity index (χ0) is 45.8. The number of rotatable bonds is 26. The highest BCUT2D eigenvalue weighted by atomic mass is 16.7. The Morgan fingerprint density at radius 1 is 0.444 bits per heavy atom. The van der Waals surface area contributed by atoms with Gasteiger partial charge in [0.2, 0.25) is 23.5 Å². The number of aldehydes is 4. The molecule has 0 aliphatic carbocycles. The largest absolute Gasteiger partial charge is 0.506 e. The second kappa shape index (κ2) is 36.1. The fraction of sp³-hybridized carbons (Fsp3) is 0.415. The lowest BCUT2D eigenvalue weighted by Gasteiger charge is -2.09. The summed E-state index contributed by atoms with van der Waals surface area (Å²) in [6.45, 7) is 3.29. The van der Waals surface area contributed by atoms with Gasteiger partial charge in [-0.25, -0.2) is 19.9 Å². The maximum atomic E-state index is 10.8. The van der Waals surface area contributed by atoms with Gasteiger partial charge in [0.1, 0.15) is 43.7 Å². The van der Waals surface area contributed by atoms with Gasteiger partial charge in [0.05, 0.1) is 73.5 Å². The Bertz CT molecular complexity index is 1870. The van der Waals surface area contributed by atoms with Crippen molar-refractivity contribution in [3.8, 4) is 46.5 Å². The molecule has 22 heteroatoms. The fourth-order valence-corrected chi connectivity index (χ4v) is 3.89. The lowest BCUT2D eigenvalue weighted by molar-refractivity contribution is 0.0500. The lowest BCUT2D eigenvalue weighted by Crippen LogP contribution is -2.08. The van der Waals surface area contributed by atoms with Crippen LogP contribution >= 0.6 is 0 Å². The van der Waals surface area contributed by atoms with E-state index in [1.165, 1.54) is 57.2 Å². The average Bonchev–Trinajstić information content (AvgIpc) is 3.30. The zero-order valence-electron chi connectivity index (χ0n) is 35.2. The third kappa shape index (κ3) is 23.9. The number of nitrogens with zero attached hydrogens (tertiary/aromatic N) is 4. The van der Waals surface area contributed by atoms with Gasteiger partial charge >= 0.3 is 0 Å². The van der Waals surface area contributed by atoms with Crippen molar-refractivity contribution in [3.05, 3.63) is 71.3 Å². The molecule has 0 unspecified atom stereocenters. The van der Waals surface area contributed by atoms with Crippen molar-refractivity contribution in [2.45, 2.75) is 7.43 Å². The highest BCUT2D eigenvalue weighted by Crippen LogP contribution is 2.22. The first-order valence-corrected chi connectivity index (χ1v) is 18.1. The van der Waals surface area contributed by atoms with E-state index in [2.05, 4.69) is 19.9 Å². The van der Waals surface area contributed by atoms with Gasteiger partial charge in [-0.05, 0) is 12.1 Å². The number of ether oxygens (including phenoxy) is 12. The zero-order valence-corrected chi connectivity index (χ0v) is 35.2. The summed E-state index contributed by atoms with van der Waals surface area (Å²) in [6, 6.07) is 5.72. The molecule has 63 heavy (non-hydrogen) atoms. The number of aromatic hydroxyl groups is 2. The molecule has 0 aliphatic rings. The average molecular weight is 893 g/mol. The minimum atomic E-state index is -0.154. The van der Waals surface area contributed by atoms with Crippen molar-refractivity contribution < 1.29 is 86.2 Å². The van der Waals surface area contributed by atoms with Gasteiger partial charge in [0.25, 0.3) is 0 Å². The highest BCUT2D eigenvalue weighted by Gasteiger charge is 2.09. The van der Waals surface area contributed by atoms with Gasteiger partial charge in [0, 0.05) is 54.8 Å². The Kier molecular flexibility index (Phi) is 32.4. The molecular formula is C41H56N4O18. The minimum absolute atomic E-state index is 0. The maximum Gasteiger partial charge on any atom is 0.224 e. The van der Waals surface area contributed by atoms with E-state index in [9.17, 15) is 19.2 Å². The first-order valence-electron chi connectivity index (χ1n) is 18.1. The van der Waals surface area contributed by atoms with Crippen LogP contribution in [0.25, 0.3) is 0 Å². The Morgan fingerprint density at radius 2 is 0.889 bits per heavy atom. The Labute approximate surface area is 365 Å². The predicted octanol–water partition coefficient (Wildman–Crippen LogP) is 3.69. The van der Waals surface area contributed by atoms with E-state index in [0.29, 0.717) is 112 Å². The topological polar surface area (TPSA) is 271 Å². The number of hydrogen-bond donors (Lipinski definition) is 2. The molecule has 4 rings (SSSR count). The summed E-state index contributed by atoms with van der Waals surface area (Å²) in [5, 5.41) is 18.2. The van der Waals surface area contributed by atoms with Gasteiger partial charge in [-0.3, -0.25) is 19.2 Å². The normalized spacial score (nSPS) is 9.75. The molecule has 0 spiro atoms. The van der Waals surface area contributed by atoms with Gasteiger partial charge in [-0.1, -0.05) is 7.43 Å². The first-order chi connectivity index (χ1) is 30.2. The molecule has 348 valence electrons. The van der Waals surface area contributed by atoms with Crippen LogP contribution in [0.3, 0.4) is 0 Å². The quantitative estimate of drug-likeness (QED) is 0.0517. The van der Waals surface area contributed by atoms with E-state index in [-0.39, 0.29) is 55.4 Å². The number of pyridine rings is 4. The first kappa shape index (κ1) is 56.4. The molecule has 0 saturated heterocycles. The van der Waals surface area contributed by atoms with Gasteiger partial charge < -0.3 is 67.1 Å². The molecule has 2 N–H and O–H groups in total. The molecule has 4 aromatic rings. The molecule has 0 aliphatic heterocycles. The van der Waals surface area contributed by atoms with Crippen LogP contribution in [-0.4, -0.2) is 164 Å². The van der Waals surface area contributed by atoms with Gasteiger partial charge in [-0.2, -0.15) is 0 Å². The molecule has 0 saturated carbocycles. The Balaban J connectivity index is 0.000000813. The van der Waals surface area contributed by atoms with Crippen molar-refractivity contribution in [1.82, 2.24) is 19.9 Å². The van der Waals surface area contributed by atoms with Crippen LogP contribution in [0.15, 0.2) is 49.1 Å². The fourth-order valence-electron chi connectivity index (χ4n) is 3.89. The SMILES string of the molecule is C.COCCOc1cc(C=O)c(O)cn1.COCCOc1cc(C=O)c(OCOC)cn1.COCCOc1ncc(O)cc1C=O.COCCOc1ncc(OCOC)cc1C=O. The van der Waals surface area contributed by atoms with Crippen LogP contribution in [0.2, 0.25) is 0 Å². The van der Waals surface area contributed by atoms with E-state index in [1.54, 1.807) is 34.5 Å². The molecule has 22 nitrogen and oxygen atoms in total. The monoisotopic (exact) mass is 892 g/mol. The summed E-state index contributed by atoms with van der Waals surface area (Å²) in [4.78, 5) is 58.2. The molecular weight excluding hydrogens is 836 g/mol. The lowest BCUT2D eigenvalue weighted by atomic mass is 10.3. The number of aromatic nitrogens is 4. The van der Waals surface area contributed by atoms with Crippen LogP contribution < -0.4 is 28.4 Å². The molecule has 0 fully saturated rings. The van der Waals surface area contributed by atoms with Crippen molar-refractivity contribution >= 4 is 25.1 Å². The van der Waals surface area contributed by atoms with E-state index >= 15 is 0 Å². The third-order valence-corrected chi connectivity index (χ3v) is 6.79. The molecule has 4 aromatic heterocycles. The van der Waals surface area contributed by atoms with E-state index < -0.39 is 0 Å². The minimum Gasteiger partial charge on any atom is -0.506 e. The number of hydrogen-bond acceptors (Lipinski definition) is 22. The molecule has 0 radical (unpaired) electrons. The standard InChI is InChI=1S/2C11H15NO5.2C9H11NO4.CH4/c1-14-3-4-16-11-5-9(7-13)10(6-12-11)17-8-15-2;1-14-3-4-16-11-9(7-13)5-10(6-12-11)17-8-15-2;1-13-2-3-14-9-4-7(6-11)8(12)5-10-9;1-13-2-3-14-9-7(6-11)4-8(12)5-10-9;/h2*5-7H,3-4,8H2,1-2H3;2*4-6,12H,2-3H2,1H3;1H4. The molecule has 0 bridgehead atoms. The molecule has 0 aromatic carbocycles. The van der Waals surface area contributed by atoms with Crippen molar-refractivity contribution in [2.24, 2.45) is 0 Å². The summed E-state index contributed by atoms with van der Waals surface area (Å²) in [6.07, 6.45) is 7.74. The number of methoxy groups -OCH3 is 6. The van der Waals surface area contributed by atoms with Crippen LogP contribution in [0.5, 0.6) is 46.5 Å². The third-order valence-electron chi connectivity index (χ3n) is 6.79. The Hall–Kier alpha value is -6.56. The smallest absolute Gasteiger partial charge is 0.224 e. The predicted molar refractivity (Wildman–Crippen MR) is 223 cm³/mol. The summed E-state index contributed by atoms with van der Waals surface area (Å²) in [5.74, 6) is 1.71. The number of carbonyl (C=O) groups excluding carboxylic acids is 4. The molecule has 0 atom stereocenters. The van der Waals surface area contributed by atoms with E-state index in [4.69, 9.17) is 67.1 Å². The van der Waals surface area contributed by atoms with Gasteiger partial charge in [0.15, 0.2) is 44.5 Å². The highest BCUT2D eigenvalue weighted by molar-refractivity contribution is 5.80. The molecule has 0 amide bonds. The van der Waals surface area contributed by atoms with Crippen molar-refractivity contribution in [2.75, 3.05) is 109 Å². The van der Waals surface area contributed by atoms with Crippen molar-refractivity contribution in [3.63, 3.8) is 0 Å². The van der Waals surface area contributed by atoms with E-state index in [1.807, 2.05) is 0 Å². The Morgan fingerprint density at radius 3 is 1.38 bits per heavy atom. The van der Waals surface area contributed by atoms with E-state index in [0.717, 1.165) is 0 Å². The summed E-state index contributed by atoms with van der Waals surface area (Å²) in [5.41, 5.74) is 1.08. The van der Waals surface area contributed by atoms with Crippen LogP contribution in [0, 0.1) is 0 Å². The summed E-state index contributed by atoms with van der Waals surface area (Å²) in [7, 11) is 9.26. The van der Waals surface area contributed by atoms with Crippen LogP contribution in [0.1, 0.15) is 48.9 Å². The van der Waals surface area contributed by atoms with Crippen LogP contribution in [0.4, 0.5) is 0 Å². The second-order valence-electron chi connectivity index (χ2n) is 11.2. The van der Waals surface area contributed by atoms with Crippen LogP contribution in [-0.2, 0) is 28.4 Å². The van der Waals surface area contributed by atoms with Gasteiger partial charge in [-0.15, -0.1) is 0 Å². The molecule has 4 heterocycles. The summed E-state index contributed by atoms with van der Waals surface area (Å²) >= 11 is 0. The maximum absolute atomic E-state index is 10.8. The van der Waals surface area contributed by atoms with Crippen molar-refractivity contribution in [1.29, 1.82) is 0 Å². The number of carbonyl (C=O) groups is 4.